The molecule has 4 unspecified atom stereocenters. The molecule has 0 bridgehead atoms. The molecule has 2 nitrogen and oxygen atoms in total. The molecule has 0 amide bonds. The van der Waals surface area contributed by atoms with Crippen molar-refractivity contribution in [3.63, 3.8) is 0 Å². The normalized spacial score (nSPS) is 41.0. The SMILES string of the molecule is CC1CCC(=O)C(CN2CCCC3CCCCC32)C1. The number of fused-ring (bicyclic) bond motifs is 1. The van der Waals surface area contributed by atoms with Crippen LogP contribution in [0.1, 0.15) is 64.7 Å². The molecule has 19 heavy (non-hydrogen) atoms. The van der Waals surface area contributed by atoms with Crippen LogP contribution in [-0.4, -0.2) is 29.8 Å². The molecule has 4 atom stereocenters. The van der Waals surface area contributed by atoms with Gasteiger partial charge in [-0.25, -0.2) is 0 Å². The first-order valence-electron chi connectivity index (χ1n) is 8.51. The molecule has 2 saturated carbocycles. The lowest BCUT2D eigenvalue weighted by atomic mass is 9.76. The second-order valence-electron chi connectivity index (χ2n) is 7.29. The average molecular weight is 263 g/mol. The van der Waals surface area contributed by atoms with Crippen LogP contribution < -0.4 is 0 Å². The van der Waals surface area contributed by atoms with Crippen molar-refractivity contribution in [3.05, 3.63) is 0 Å². The quantitative estimate of drug-likeness (QED) is 0.758. The second-order valence-corrected chi connectivity index (χ2v) is 7.29. The largest absolute Gasteiger partial charge is 0.299 e. The topological polar surface area (TPSA) is 20.3 Å². The summed E-state index contributed by atoms with van der Waals surface area (Å²) in [6, 6.07) is 0.813. The molecular formula is C17H29NO. The number of nitrogens with zero attached hydrogens (tertiary/aromatic N) is 1. The van der Waals surface area contributed by atoms with E-state index in [9.17, 15) is 4.79 Å². The summed E-state index contributed by atoms with van der Waals surface area (Å²) >= 11 is 0. The number of rotatable bonds is 2. The van der Waals surface area contributed by atoms with Gasteiger partial charge in [0, 0.05) is 24.9 Å². The van der Waals surface area contributed by atoms with Gasteiger partial charge in [0.1, 0.15) is 5.78 Å². The number of carbonyl (C=O) groups excluding carboxylic acids is 1. The van der Waals surface area contributed by atoms with Crippen LogP contribution in [0.5, 0.6) is 0 Å². The van der Waals surface area contributed by atoms with Crippen LogP contribution >= 0.6 is 0 Å². The van der Waals surface area contributed by atoms with Gasteiger partial charge in [0.05, 0.1) is 0 Å². The minimum atomic E-state index is 0.351. The number of carbonyl (C=O) groups is 1. The standard InChI is InChI=1S/C17H29NO/c1-13-8-9-17(19)15(11-13)12-18-10-4-6-14-5-2-3-7-16(14)18/h13-16H,2-12H2,1H3. The summed E-state index contributed by atoms with van der Waals surface area (Å²) in [4.78, 5) is 14.8. The molecule has 1 heterocycles. The number of hydrogen-bond donors (Lipinski definition) is 0. The highest BCUT2D eigenvalue weighted by Gasteiger charge is 2.36. The molecule has 2 aliphatic carbocycles. The molecular weight excluding hydrogens is 234 g/mol. The maximum Gasteiger partial charge on any atom is 0.137 e. The van der Waals surface area contributed by atoms with Gasteiger partial charge in [-0.05, 0) is 56.9 Å². The first-order valence-corrected chi connectivity index (χ1v) is 8.51. The van der Waals surface area contributed by atoms with Gasteiger partial charge in [0.2, 0.25) is 0 Å². The number of hydrogen-bond acceptors (Lipinski definition) is 2. The van der Waals surface area contributed by atoms with Crippen LogP contribution in [0.2, 0.25) is 0 Å². The van der Waals surface area contributed by atoms with Gasteiger partial charge in [0.25, 0.3) is 0 Å². The molecule has 1 aliphatic heterocycles. The fraction of sp³-hybridized carbons (Fsp3) is 0.941. The van der Waals surface area contributed by atoms with Crippen molar-refractivity contribution < 1.29 is 4.79 Å². The average Bonchev–Trinajstić information content (AvgIpc) is 2.43. The van der Waals surface area contributed by atoms with Crippen molar-refractivity contribution >= 4 is 5.78 Å². The Hall–Kier alpha value is -0.370. The van der Waals surface area contributed by atoms with E-state index in [-0.39, 0.29) is 0 Å². The highest BCUT2D eigenvalue weighted by molar-refractivity contribution is 5.81. The molecule has 0 radical (unpaired) electrons. The molecule has 0 spiro atoms. The molecule has 0 aromatic heterocycles. The Balaban J connectivity index is 1.62. The van der Waals surface area contributed by atoms with Crippen LogP contribution in [0.15, 0.2) is 0 Å². The van der Waals surface area contributed by atoms with Crippen molar-refractivity contribution in [2.45, 2.75) is 70.8 Å². The number of likely N-dealkylation sites (tertiary alicyclic amines) is 1. The van der Waals surface area contributed by atoms with Gasteiger partial charge in [-0.2, -0.15) is 0 Å². The minimum absolute atomic E-state index is 0.351. The van der Waals surface area contributed by atoms with E-state index in [0.717, 1.165) is 43.7 Å². The van der Waals surface area contributed by atoms with Crippen molar-refractivity contribution in [2.24, 2.45) is 17.8 Å². The Morgan fingerprint density at radius 3 is 2.79 bits per heavy atom. The number of piperidine rings is 1. The monoisotopic (exact) mass is 263 g/mol. The highest BCUT2D eigenvalue weighted by Crippen LogP contribution is 2.36. The van der Waals surface area contributed by atoms with Crippen molar-refractivity contribution in [1.82, 2.24) is 4.90 Å². The van der Waals surface area contributed by atoms with Crippen molar-refractivity contribution in [2.75, 3.05) is 13.1 Å². The molecule has 3 rings (SSSR count). The Bertz CT molecular complexity index is 325. The number of Topliss-reactive ketones (excluding diaryl/α,β-unsaturated/α-hetero) is 1. The molecule has 1 saturated heterocycles. The van der Waals surface area contributed by atoms with E-state index >= 15 is 0 Å². The summed E-state index contributed by atoms with van der Waals surface area (Å²) in [5.41, 5.74) is 0. The molecule has 3 fully saturated rings. The molecule has 2 heteroatoms. The van der Waals surface area contributed by atoms with Crippen molar-refractivity contribution in [1.29, 1.82) is 0 Å². The summed E-state index contributed by atoms with van der Waals surface area (Å²) in [5.74, 6) is 2.61. The van der Waals surface area contributed by atoms with Gasteiger partial charge in [-0.15, -0.1) is 0 Å². The molecule has 0 aromatic carbocycles. The first kappa shape index (κ1) is 13.6. The highest BCUT2D eigenvalue weighted by atomic mass is 16.1. The lowest BCUT2D eigenvalue weighted by molar-refractivity contribution is -0.126. The third kappa shape index (κ3) is 3.04. The second kappa shape index (κ2) is 5.95. The predicted octanol–water partition coefficient (Wildman–Crippen LogP) is 3.65. The van der Waals surface area contributed by atoms with Crippen LogP contribution in [0.4, 0.5) is 0 Å². The Labute approximate surface area is 117 Å². The summed E-state index contributed by atoms with van der Waals surface area (Å²) < 4.78 is 0. The molecule has 0 N–H and O–H groups in total. The van der Waals surface area contributed by atoms with E-state index in [2.05, 4.69) is 11.8 Å². The van der Waals surface area contributed by atoms with E-state index in [1.807, 2.05) is 0 Å². The number of ketones is 1. The fourth-order valence-corrected chi connectivity index (χ4v) is 4.74. The van der Waals surface area contributed by atoms with Crippen LogP contribution in [0.3, 0.4) is 0 Å². The lowest BCUT2D eigenvalue weighted by Gasteiger charge is -2.45. The van der Waals surface area contributed by atoms with E-state index in [1.165, 1.54) is 45.1 Å². The maximum absolute atomic E-state index is 12.1. The zero-order valence-electron chi connectivity index (χ0n) is 12.4. The van der Waals surface area contributed by atoms with Crippen molar-refractivity contribution in [3.8, 4) is 0 Å². The Morgan fingerprint density at radius 2 is 1.89 bits per heavy atom. The molecule has 3 aliphatic rings. The third-order valence-electron chi connectivity index (χ3n) is 5.84. The third-order valence-corrected chi connectivity index (χ3v) is 5.84. The van der Waals surface area contributed by atoms with Gasteiger partial charge in [-0.3, -0.25) is 9.69 Å². The van der Waals surface area contributed by atoms with Gasteiger partial charge in [0.15, 0.2) is 0 Å². The van der Waals surface area contributed by atoms with Crippen LogP contribution in [0.25, 0.3) is 0 Å². The van der Waals surface area contributed by atoms with E-state index < -0.39 is 0 Å². The van der Waals surface area contributed by atoms with Gasteiger partial charge < -0.3 is 0 Å². The lowest BCUT2D eigenvalue weighted by Crippen LogP contribution is -2.49. The van der Waals surface area contributed by atoms with Crippen LogP contribution in [0, 0.1) is 17.8 Å². The summed E-state index contributed by atoms with van der Waals surface area (Å²) in [7, 11) is 0. The minimum Gasteiger partial charge on any atom is -0.299 e. The fourth-order valence-electron chi connectivity index (χ4n) is 4.74. The Morgan fingerprint density at radius 1 is 1.11 bits per heavy atom. The van der Waals surface area contributed by atoms with Gasteiger partial charge >= 0.3 is 0 Å². The smallest absolute Gasteiger partial charge is 0.137 e. The summed E-state index contributed by atoms with van der Waals surface area (Å²) in [6.07, 6.45) is 11.6. The van der Waals surface area contributed by atoms with E-state index in [0.29, 0.717) is 11.7 Å². The predicted molar refractivity (Wildman–Crippen MR) is 78.1 cm³/mol. The van der Waals surface area contributed by atoms with Gasteiger partial charge in [-0.1, -0.05) is 19.8 Å². The summed E-state index contributed by atoms with van der Waals surface area (Å²) in [5, 5.41) is 0. The van der Waals surface area contributed by atoms with E-state index in [1.54, 1.807) is 0 Å². The first-order chi connectivity index (χ1) is 9.24. The Kier molecular flexibility index (Phi) is 4.26. The maximum atomic E-state index is 12.1. The molecule has 108 valence electrons. The molecule has 0 aromatic rings. The zero-order valence-corrected chi connectivity index (χ0v) is 12.4. The zero-order chi connectivity index (χ0) is 13.2. The van der Waals surface area contributed by atoms with Crippen LogP contribution in [-0.2, 0) is 4.79 Å². The summed E-state index contributed by atoms with van der Waals surface area (Å²) in [6.45, 7) is 4.64. The van der Waals surface area contributed by atoms with E-state index in [4.69, 9.17) is 0 Å².